The van der Waals surface area contributed by atoms with E-state index >= 15 is 0 Å². The summed E-state index contributed by atoms with van der Waals surface area (Å²) in [5.41, 5.74) is 0. The molecule has 0 aromatic carbocycles. The summed E-state index contributed by atoms with van der Waals surface area (Å²) in [5, 5.41) is 57.0. The Morgan fingerprint density at radius 2 is 0.688 bits per heavy atom. The van der Waals surface area contributed by atoms with E-state index in [9.17, 15) is 45.0 Å². The van der Waals surface area contributed by atoms with Crippen LogP contribution < -0.4 is 0 Å². The third kappa shape index (κ3) is 28.1. The fourth-order valence-corrected chi connectivity index (χ4v) is 5.06. The molecule has 0 aliphatic carbocycles. The van der Waals surface area contributed by atoms with E-state index in [4.69, 9.17) is 14.2 Å². The summed E-state index contributed by atoms with van der Waals surface area (Å²) in [5.74, 6) is -1.31. The van der Waals surface area contributed by atoms with Crippen LogP contribution in [0.15, 0.2) is 0 Å². The van der Waals surface area contributed by atoms with Gasteiger partial charge >= 0.3 is 17.9 Å². The Hall–Kier alpha value is -1.83. The minimum absolute atomic E-state index is 0.178. The lowest BCUT2D eigenvalue weighted by Gasteiger charge is -2.18. The van der Waals surface area contributed by atoms with Crippen LogP contribution in [0.25, 0.3) is 0 Å². The van der Waals surface area contributed by atoms with Crippen LogP contribution in [0, 0.1) is 0 Å². The van der Waals surface area contributed by atoms with Gasteiger partial charge in [0.15, 0.2) is 6.10 Å². The second kappa shape index (κ2) is 30.0. The van der Waals surface area contributed by atoms with E-state index in [1.165, 1.54) is 0 Å². The summed E-state index contributed by atoms with van der Waals surface area (Å²) in [6.45, 7) is 4.26. The Bertz CT molecular complexity index is 760. The molecule has 12 nitrogen and oxygen atoms in total. The van der Waals surface area contributed by atoms with Crippen LogP contribution >= 0.6 is 0 Å². The van der Waals surface area contributed by atoms with Gasteiger partial charge in [-0.2, -0.15) is 0 Å². The van der Waals surface area contributed by atoms with E-state index in [1.54, 1.807) is 20.8 Å². The van der Waals surface area contributed by atoms with Gasteiger partial charge < -0.3 is 44.8 Å². The van der Waals surface area contributed by atoms with Crippen molar-refractivity contribution in [1.82, 2.24) is 0 Å². The molecule has 0 aliphatic heterocycles. The molecule has 0 heterocycles. The smallest absolute Gasteiger partial charge is 0.306 e. The number of esters is 3. The fourth-order valence-electron chi connectivity index (χ4n) is 5.06. The van der Waals surface area contributed by atoms with Gasteiger partial charge in [-0.1, -0.05) is 77.0 Å². The fraction of sp³-hybridized carbons (Fsp3) is 0.917. The molecule has 12 heteroatoms. The lowest BCUT2D eigenvalue weighted by molar-refractivity contribution is -0.167. The van der Waals surface area contributed by atoms with Gasteiger partial charge in [-0.15, -0.1) is 0 Å². The average molecular weight is 693 g/mol. The highest BCUT2D eigenvalue weighted by molar-refractivity contribution is 5.71. The number of hydrogen-bond donors (Lipinski definition) is 6. The van der Waals surface area contributed by atoms with E-state index in [1.807, 2.05) is 0 Å². The molecular weight excluding hydrogens is 624 g/mol. The highest BCUT2D eigenvalue weighted by Gasteiger charge is 2.20. The van der Waals surface area contributed by atoms with Crippen molar-refractivity contribution >= 4 is 17.9 Å². The number of unbranched alkanes of at least 4 members (excludes halogenated alkanes) is 12. The number of rotatable bonds is 32. The van der Waals surface area contributed by atoms with Crippen molar-refractivity contribution in [3.8, 4) is 0 Å². The van der Waals surface area contributed by atoms with Crippen molar-refractivity contribution in [2.75, 3.05) is 13.2 Å². The van der Waals surface area contributed by atoms with Crippen LogP contribution in [0.1, 0.15) is 156 Å². The second-order valence-electron chi connectivity index (χ2n) is 13.3. The van der Waals surface area contributed by atoms with Crippen molar-refractivity contribution in [2.24, 2.45) is 0 Å². The summed E-state index contributed by atoms with van der Waals surface area (Å²) in [6, 6.07) is 0. The Balaban J connectivity index is 4.49. The number of carbonyl (C=O) groups excluding carboxylic acids is 3. The van der Waals surface area contributed by atoms with E-state index in [0.717, 1.165) is 77.0 Å². The zero-order valence-corrected chi connectivity index (χ0v) is 29.9. The highest BCUT2D eigenvalue weighted by atomic mass is 16.6. The van der Waals surface area contributed by atoms with Crippen LogP contribution in [0.3, 0.4) is 0 Å². The summed E-state index contributed by atoms with van der Waals surface area (Å²) >= 11 is 0. The van der Waals surface area contributed by atoms with Gasteiger partial charge in [0.2, 0.25) is 0 Å². The molecule has 0 fully saturated rings. The zero-order chi connectivity index (χ0) is 36.2. The first-order chi connectivity index (χ1) is 22.8. The highest BCUT2D eigenvalue weighted by Crippen LogP contribution is 2.14. The topological polar surface area (TPSA) is 200 Å². The Morgan fingerprint density at radius 3 is 1.00 bits per heavy atom. The van der Waals surface area contributed by atoms with Crippen molar-refractivity contribution in [1.29, 1.82) is 0 Å². The van der Waals surface area contributed by atoms with Gasteiger partial charge in [0, 0.05) is 19.3 Å². The first-order valence-corrected chi connectivity index (χ1v) is 18.4. The molecule has 284 valence electrons. The SMILES string of the molecule is CC(O)C(O)CCCCCCCC(=O)OCC(COC(=O)CCCCCCCC(O)C(C)O)OC(=O)CCCCCCCC(O)C(C)O. The second-order valence-corrected chi connectivity index (χ2v) is 13.3. The normalized spacial score (nSPS) is 15.9. The lowest BCUT2D eigenvalue weighted by atomic mass is 10.0. The lowest BCUT2D eigenvalue weighted by Crippen LogP contribution is -2.30. The number of aliphatic hydroxyl groups is 6. The zero-order valence-electron chi connectivity index (χ0n) is 29.9. The van der Waals surface area contributed by atoms with Gasteiger partial charge in [0.05, 0.1) is 36.6 Å². The minimum Gasteiger partial charge on any atom is -0.462 e. The van der Waals surface area contributed by atoms with Gasteiger partial charge in [-0.25, -0.2) is 0 Å². The van der Waals surface area contributed by atoms with Crippen molar-refractivity contribution in [2.45, 2.75) is 198 Å². The molecule has 6 N–H and O–H groups in total. The maximum atomic E-state index is 12.5. The molecule has 48 heavy (non-hydrogen) atoms. The maximum absolute atomic E-state index is 12.5. The van der Waals surface area contributed by atoms with Gasteiger partial charge in [-0.3, -0.25) is 14.4 Å². The number of aliphatic hydroxyl groups excluding tert-OH is 6. The molecule has 0 amide bonds. The monoisotopic (exact) mass is 692 g/mol. The Morgan fingerprint density at radius 1 is 0.417 bits per heavy atom. The molecule has 0 rings (SSSR count). The van der Waals surface area contributed by atoms with E-state index in [-0.39, 0.29) is 32.5 Å². The van der Waals surface area contributed by atoms with Crippen molar-refractivity contribution in [3.63, 3.8) is 0 Å². The first-order valence-electron chi connectivity index (χ1n) is 18.4. The van der Waals surface area contributed by atoms with Crippen LogP contribution in [0.4, 0.5) is 0 Å². The van der Waals surface area contributed by atoms with Crippen LogP contribution in [0.5, 0.6) is 0 Å². The third-order valence-electron chi connectivity index (χ3n) is 8.47. The molecule has 6 unspecified atom stereocenters. The summed E-state index contributed by atoms with van der Waals surface area (Å²) in [7, 11) is 0. The molecule has 0 saturated heterocycles. The van der Waals surface area contributed by atoms with E-state index in [0.29, 0.717) is 38.5 Å². The number of hydrogen-bond acceptors (Lipinski definition) is 12. The minimum atomic E-state index is -0.909. The number of carbonyl (C=O) groups is 3. The van der Waals surface area contributed by atoms with Crippen LogP contribution in [-0.2, 0) is 28.6 Å². The van der Waals surface area contributed by atoms with Gasteiger partial charge in [0.1, 0.15) is 13.2 Å². The predicted octanol–water partition coefficient (Wildman–Crippen LogP) is 4.40. The van der Waals surface area contributed by atoms with Crippen LogP contribution in [-0.4, -0.2) is 104 Å². The number of ether oxygens (including phenoxy) is 3. The quantitative estimate of drug-likeness (QED) is 0.0330. The molecule has 0 bridgehead atoms. The predicted molar refractivity (Wildman–Crippen MR) is 182 cm³/mol. The van der Waals surface area contributed by atoms with E-state index in [2.05, 4.69) is 0 Å². The molecule has 0 radical (unpaired) electrons. The molecule has 0 aromatic rings. The first kappa shape index (κ1) is 46.2. The average Bonchev–Trinajstić information content (AvgIpc) is 3.03. The Labute approximate surface area is 288 Å². The summed E-state index contributed by atoms with van der Waals surface area (Å²) < 4.78 is 16.2. The standard InChI is InChI=1S/C36H68O12/c1-27(37)31(40)19-13-7-4-10-16-22-34(43)46-25-30(48-36(45)24-18-12-6-9-15-21-33(42)29(3)39)26-47-35(44)23-17-11-5-8-14-20-32(41)28(2)38/h27-33,37-42H,4-26H2,1-3H3. The van der Waals surface area contributed by atoms with Crippen molar-refractivity contribution < 1.29 is 59.2 Å². The molecule has 0 aromatic heterocycles. The van der Waals surface area contributed by atoms with E-state index < -0.39 is 60.6 Å². The molecular formula is C36H68O12. The Kier molecular flexibility index (Phi) is 28.9. The largest absolute Gasteiger partial charge is 0.462 e. The summed E-state index contributed by atoms with van der Waals surface area (Å²) in [4.78, 5) is 37.2. The van der Waals surface area contributed by atoms with Gasteiger partial charge in [-0.05, 0) is 59.3 Å². The summed E-state index contributed by atoms with van der Waals surface area (Å²) in [6.07, 6.45) is 8.97. The molecule has 6 atom stereocenters. The molecule has 0 aliphatic rings. The van der Waals surface area contributed by atoms with Crippen molar-refractivity contribution in [3.05, 3.63) is 0 Å². The molecule has 0 spiro atoms. The third-order valence-corrected chi connectivity index (χ3v) is 8.47. The van der Waals surface area contributed by atoms with Crippen LogP contribution in [0.2, 0.25) is 0 Å². The maximum Gasteiger partial charge on any atom is 0.306 e. The molecule has 0 saturated carbocycles. The van der Waals surface area contributed by atoms with Gasteiger partial charge in [0.25, 0.3) is 0 Å².